The molecule has 0 amide bonds. The minimum Gasteiger partial charge on any atom is -0.397 e. The van der Waals surface area contributed by atoms with Crippen LogP contribution in [0.1, 0.15) is 37.0 Å². The van der Waals surface area contributed by atoms with Gasteiger partial charge in [-0.25, -0.2) is 0 Å². The second kappa shape index (κ2) is 5.03. The van der Waals surface area contributed by atoms with E-state index < -0.39 is 6.10 Å². The molecule has 4 N–H and O–H groups in total. The molecule has 15 heavy (non-hydrogen) atoms. The van der Waals surface area contributed by atoms with Gasteiger partial charge in [-0.1, -0.05) is 19.4 Å². The van der Waals surface area contributed by atoms with Crippen molar-refractivity contribution in [2.24, 2.45) is 0 Å². The van der Waals surface area contributed by atoms with Crippen LogP contribution in [-0.2, 0) is 0 Å². The maximum Gasteiger partial charge on any atom is 0.0813 e. The van der Waals surface area contributed by atoms with Crippen molar-refractivity contribution < 1.29 is 5.11 Å². The molecular formula is C12H20N2O. The lowest BCUT2D eigenvalue weighted by Crippen LogP contribution is -2.07. The van der Waals surface area contributed by atoms with Gasteiger partial charge in [-0.3, -0.25) is 0 Å². The van der Waals surface area contributed by atoms with Crippen molar-refractivity contribution in [3.8, 4) is 0 Å². The van der Waals surface area contributed by atoms with E-state index in [0.717, 1.165) is 29.7 Å². The predicted molar refractivity (Wildman–Crippen MR) is 65.0 cm³/mol. The smallest absolute Gasteiger partial charge is 0.0813 e. The van der Waals surface area contributed by atoms with Crippen molar-refractivity contribution >= 4 is 11.4 Å². The summed E-state index contributed by atoms with van der Waals surface area (Å²) in [6, 6.07) is 3.81. The average molecular weight is 208 g/mol. The van der Waals surface area contributed by atoms with Gasteiger partial charge < -0.3 is 16.2 Å². The molecule has 0 radical (unpaired) electrons. The summed E-state index contributed by atoms with van der Waals surface area (Å²) >= 11 is 0. The monoisotopic (exact) mass is 208 g/mol. The first-order valence-corrected chi connectivity index (χ1v) is 5.36. The highest BCUT2D eigenvalue weighted by Gasteiger charge is 2.15. The predicted octanol–water partition coefficient (Wildman–Crippen LogP) is 2.45. The van der Waals surface area contributed by atoms with Crippen LogP contribution in [0.3, 0.4) is 0 Å². The number of aliphatic hydroxyl groups is 1. The van der Waals surface area contributed by atoms with Crippen LogP contribution in [0.4, 0.5) is 11.4 Å². The highest BCUT2D eigenvalue weighted by molar-refractivity contribution is 5.72. The first-order valence-electron chi connectivity index (χ1n) is 5.36. The fourth-order valence-electron chi connectivity index (χ4n) is 1.87. The standard InChI is InChI=1S/C12H20N2O/c1-4-5-10(15)11-8(2)6-7-9(13)12(11)14-3/h6-7,10,14-15H,4-5,13H2,1-3H3. The van der Waals surface area contributed by atoms with Crippen molar-refractivity contribution in [3.05, 3.63) is 23.3 Å². The number of benzene rings is 1. The second-order valence-electron chi connectivity index (χ2n) is 3.81. The molecule has 0 fully saturated rings. The molecule has 84 valence electrons. The molecule has 0 heterocycles. The van der Waals surface area contributed by atoms with Gasteiger partial charge in [-0.05, 0) is 25.0 Å². The Bertz CT molecular complexity index is 337. The highest BCUT2D eigenvalue weighted by atomic mass is 16.3. The van der Waals surface area contributed by atoms with Crippen LogP contribution in [0.5, 0.6) is 0 Å². The number of nitrogen functional groups attached to an aromatic ring is 1. The molecule has 0 aliphatic carbocycles. The van der Waals surface area contributed by atoms with E-state index in [1.54, 1.807) is 0 Å². The summed E-state index contributed by atoms with van der Waals surface area (Å²) in [5, 5.41) is 13.1. The minimum atomic E-state index is -0.430. The van der Waals surface area contributed by atoms with Crippen LogP contribution in [0.15, 0.2) is 12.1 Å². The second-order valence-corrected chi connectivity index (χ2v) is 3.81. The van der Waals surface area contributed by atoms with E-state index in [0.29, 0.717) is 5.69 Å². The van der Waals surface area contributed by atoms with Crippen LogP contribution in [0.2, 0.25) is 0 Å². The van der Waals surface area contributed by atoms with E-state index in [2.05, 4.69) is 12.2 Å². The normalized spacial score (nSPS) is 12.5. The average Bonchev–Trinajstić information content (AvgIpc) is 2.21. The van der Waals surface area contributed by atoms with Crippen LogP contribution < -0.4 is 11.1 Å². The molecule has 1 rings (SSSR count). The molecule has 1 aromatic rings. The Balaban J connectivity index is 3.18. The van der Waals surface area contributed by atoms with Gasteiger partial charge in [0.15, 0.2) is 0 Å². The molecule has 3 nitrogen and oxygen atoms in total. The van der Waals surface area contributed by atoms with Crippen molar-refractivity contribution in [2.75, 3.05) is 18.1 Å². The summed E-state index contributed by atoms with van der Waals surface area (Å²) < 4.78 is 0. The van der Waals surface area contributed by atoms with Gasteiger partial charge in [0.05, 0.1) is 17.5 Å². The molecule has 0 aliphatic heterocycles. The molecular weight excluding hydrogens is 188 g/mol. The van der Waals surface area contributed by atoms with Crippen molar-refractivity contribution in [1.82, 2.24) is 0 Å². The van der Waals surface area contributed by atoms with Gasteiger partial charge in [0.2, 0.25) is 0 Å². The van der Waals surface area contributed by atoms with Gasteiger partial charge in [-0.2, -0.15) is 0 Å². The molecule has 1 unspecified atom stereocenters. The summed E-state index contributed by atoms with van der Waals surface area (Å²) in [5.41, 5.74) is 9.41. The Morgan fingerprint density at radius 3 is 2.67 bits per heavy atom. The Morgan fingerprint density at radius 1 is 1.47 bits per heavy atom. The van der Waals surface area contributed by atoms with E-state index in [1.807, 2.05) is 26.1 Å². The quantitative estimate of drug-likeness (QED) is 0.666. The lowest BCUT2D eigenvalue weighted by atomic mass is 9.97. The Morgan fingerprint density at radius 2 is 2.13 bits per heavy atom. The van der Waals surface area contributed by atoms with E-state index in [4.69, 9.17) is 5.73 Å². The maximum absolute atomic E-state index is 10.0. The molecule has 1 atom stereocenters. The van der Waals surface area contributed by atoms with Gasteiger partial charge >= 0.3 is 0 Å². The number of anilines is 2. The molecule has 0 bridgehead atoms. The van der Waals surface area contributed by atoms with Crippen molar-refractivity contribution in [2.45, 2.75) is 32.8 Å². The van der Waals surface area contributed by atoms with E-state index in [-0.39, 0.29) is 0 Å². The molecule has 0 saturated carbocycles. The summed E-state index contributed by atoms with van der Waals surface area (Å²) in [7, 11) is 1.83. The molecule has 0 spiro atoms. The number of aliphatic hydroxyl groups excluding tert-OH is 1. The van der Waals surface area contributed by atoms with Crippen molar-refractivity contribution in [3.63, 3.8) is 0 Å². The molecule has 1 aromatic carbocycles. The number of nitrogens with two attached hydrogens (primary N) is 1. The molecule has 3 heteroatoms. The Labute approximate surface area is 91.3 Å². The van der Waals surface area contributed by atoms with Gasteiger partial charge in [-0.15, -0.1) is 0 Å². The fourth-order valence-corrected chi connectivity index (χ4v) is 1.87. The fraction of sp³-hybridized carbons (Fsp3) is 0.500. The van der Waals surface area contributed by atoms with Gasteiger partial charge in [0, 0.05) is 12.6 Å². The number of aryl methyl sites for hydroxylation is 1. The third-order valence-electron chi connectivity index (χ3n) is 2.64. The van der Waals surface area contributed by atoms with E-state index in [9.17, 15) is 5.11 Å². The van der Waals surface area contributed by atoms with Gasteiger partial charge in [0.1, 0.15) is 0 Å². The van der Waals surface area contributed by atoms with E-state index >= 15 is 0 Å². The molecule has 0 aromatic heterocycles. The highest BCUT2D eigenvalue weighted by Crippen LogP contribution is 2.33. The Hall–Kier alpha value is -1.22. The van der Waals surface area contributed by atoms with Crippen LogP contribution in [0, 0.1) is 6.92 Å². The van der Waals surface area contributed by atoms with E-state index in [1.165, 1.54) is 0 Å². The first-order chi connectivity index (χ1) is 7.11. The number of hydrogen-bond acceptors (Lipinski definition) is 3. The minimum absolute atomic E-state index is 0.430. The summed E-state index contributed by atoms with van der Waals surface area (Å²) in [6.07, 6.45) is 1.29. The van der Waals surface area contributed by atoms with Crippen LogP contribution >= 0.6 is 0 Å². The maximum atomic E-state index is 10.0. The molecule has 0 aliphatic rings. The number of nitrogens with one attached hydrogen (secondary N) is 1. The van der Waals surface area contributed by atoms with Crippen molar-refractivity contribution in [1.29, 1.82) is 0 Å². The lowest BCUT2D eigenvalue weighted by molar-refractivity contribution is 0.166. The summed E-state index contributed by atoms with van der Waals surface area (Å²) in [5.74, 6) is 0. The zero-order valence-corrected chi connectivity index (χ0v) is 9.67. The van der Waals surface area contributed by atoms with Crippen LogP contribution in [-0.4, -0.2) is 12.2 Å². The SMILES string of the molecule is CCCC(O)c1c(C)ccc(N)c1NC. The zero-order valence-electron chi connectivity index (χ0n) is 9.67. The largest absolute Gasteiger partial charge is 0.397 e. The third kappa shape index (κ3) is 2.42. The molecule has 0 saturated heterocycles. The third-order valence-corrected chi connectivity index (χ3v) is 2.64. The first kappa shape index (κ1) is 11.9. The zero-order chi connectivity index (χ0) is 11.4. The number of hydrogen-bond donors (Lipinski definition) is 3. The lowest BCUT2D eigenvalue weighted by Gasteiger charge is -2.19. The van der Waals surface area contributed by atoms with Gasteiger partial charge in [0.25, 0.3) is 0 Å². The number of rotatable bonds is 4. The Kier molecular flexibility index (Phi) is 3.97. The summed E-state index contributed by atoms with van der Waals surface area (Å²) in [4.78, 5) is 0. The summed E-state index contributed by atoms with van der Waals surface area (Å²) in [6.45, 7) is 4.05. The van der Waals surface area contributed by atoms with Crippen LogP contribution in [0.25, 0.3) is 0 Å². The topological polar surface area (TPSA) is 58.3 Å².